The number of nitrogens with zero attached hydrogens (tertiary/aromatic N) is 1. The molecule has 112 valence electrons. The van der Waals surface area contributed by atoms with E-state index in [-0.39, 0.29) is 18.0 Å². The molecule has 0 amide bonds. The van der Waals surface area contributed by atoms with E-state index in [0.717, 1.165) is 38.2 Å². The quantitative estimate of drug-likeness (QED) is 0.863. The summed E-state index contributed by atoms with van der Waals surface area (Å²) in [6.07, 6.45) is 1.94. The van der Waals surface area contributed by atoms with Crippen molar-refractivity contribution in [3.8, 4) is 0 Å². The Bertz CT molecular complexity index is 411. The zero-order valence-corrected chi connectivity index (χ0v) is 12.4. The van der Waals surface area contributed by atoms with Crippen LogP contribution in [0.5, 0.6) is 0 Å². The largest absolute Gasteiger partial charge is 0.374 e. The number of hydrogen-bond acceptors (Lipinski definition) is 3. The summed E-state index contributed by atoms with van der Waals surface area (Å²) in [6, 6.07) is 7.13. The van der Waals surface area contributed by atoms with Gasteiger partial charge in [0, 0.05) is 19.1 Å². The minimum atomic E-state index is -0.131. The molecule has 20 heavy (non-hydrogen) atoms. The minimum absolute atomic E-state index is 0.125. The van der Waals surface area contributed by atoms with Gasteiger partial charge in [-0.25, -0.2) is 4.39 Å². The first-order chi connectivity index (χ1) is 9.74. The van der Waals surface area contributed by atoms with Crippen LogP contribution in [-0.4, -0.2) is 50.3 Å². The highest BCUT2D eigenvalue weighted by molar-refractivity contribution is 5.18. The SMILES string of the molecule is CCCN1CCOC(C(Cc2ccccc2F)NC)C1. The number of morpholine rings is 1. The van der Waals surface area contributed by atoms with Crippen LogP contribution >= 0.6 is 0 Å². The second kappa shape index (κ2) is 7.72. The molecule has 1 aliphatic heterocycles. The Labute approximate surface area is 121 Å². The predicted octanol–water partition coefficient (Wildman–Crippen LogP) is 2.07. The average molecular weight is 280 g/mol. The van der Waals surface area contributed by atoms with E-state index in [2.05, 4.69) is 17.1 Å². The highest BCUT2D eigenvalue weighted by Gasteiger charge is 2.27. The van der Waals surface area contributed by atoms with Gasteiger partial charge in [-0.2, -0.15) is 0 Å². The predicted molar refractivity (Wildman–Crippen MR) is 79.4 cm³/mol. The highest BCUT2D eigenvalue weighted by atomic mass is 19.1. The van der Waals surface area contributed by atoms with Crippen LogP contribution in [-0.2, 0) is 11.2 Å². The molecule has 4 heteroatoms. The lowest BCUT2D eigenvalue weighted by atomic mass is 9.99. The van der Waals surface area contributed by atoms with Gasteiger partial charge >= 0.3 is 0 Å². The third-order valence-electron chi connectivity index (χ3n) is 3.93. The molecule has 1 aromatic carbocycles. The summed E-state index contributed by atoms with van der Waals surface area (Å²) in [6.45, 7) is 5.99. The lowest BCUT2D eigenvalue weighted by molar-refractivity contribution is -0.0451. The first kappa shape index (κ1) is 15.4. The van der Waals surface area contributed by atoms with E-state index < -0.39 is 0 Å². The molecule has 1 heterocycles. The molecule has 0 aromatic heterocycles. The van der Waals surface area contributed by atoms with E-state index in [1.54, 1.807) is 6.07 Å². The summed E-state index contributed by atoms with van der Waals surface area (Å²) in [5, 5.41) is 3.29. The van der Waals surface area contributed by atoms with E-state index in [0.29, 0.717) is 6.42 Å². The van der Waals surface area contributed by atoms with E-state index in [4.69, 9.17) is 4.74 Å². The molecule has 1 saturated heterocycles. The molecule has 1 aliphatic rings. The monoisotopic (exact) mass is 280 g/mol. The molecule has 2 rings (SSSR count). The van der Waals surface area contributed by atoms with E-state index in [1.165, 1.54) is 6.07 Å². The summed E-state index contributed by atoms with van der Waals surface area (Å²) >= 11 is 0. The van der Waals surface area contributed by atoms with Crippen molar-refractivity contribution in [2.45, 2.75) is 31.9 Å². The third kappa shape index (κ3) is 4.01. The van der Waals surface area contributed by atoms with Crippen molar-refractivity contribution in [2.24, 2.45) is 0 Å². The molecular formula is C16H25FN2O. The summed E-state index contributed by atoms with van der Waals surface area (Å²) < 4.78 is 19.7. The number of halogens is 1. The Morgan fingerprint density at radius 3 is 2.95 bits per heavy atom. The van der Waals surface area contributed by atoms with Gasteiger partial charge in [-0.15, -0.1) is 0 Å². The Kier molecular flexibility index (Phi) is 5.95. The molecule has 2 atom stereocenters. The number of hydrogen-bond donors (Lipinski definition) is 1. The van der Waals surface area contributed by atoms with Gasteiger partial charge in [0.2, 0.25) is 0 Å². The first-order valence-electron chi connectivity index (χ1n) is 7.49. The molecule has 1 aromatic rings. The van der Waals surface area contributed by atoms with Crippen molar-refractivity contribution in [3.05, 3.63) is 35.6 Å². The normalized spacial score (nSPS) is 21.9. The van der Waals surface area contributed by atoms with Crippen LogP contribution in [0.4, 0.5) is 4.39 Å². The minimum Gasteiger partial charge on any atom is -0.374 e. The van der Waals surface area contributed by atoms with E-state index >= 15 is 0 Å². The summed E-state index contributed by atoms with van der Waals surface area (Å²) in [4.78, 5) is 2.43. The Morgan fingerprint density at radius 2 is 2.25 bits per heavy atom. The van der Waals surface area contributed by atoms with Gasteiger partial charge in [-0.3, -0.25) is 4.90 Å². The van der Waals surface area contributed by atoms with Crippen LogP contribution in [0.2, 0.25) is 0 Å². The fourth-order valence-corrected chi connectivity index (χ4v) is 2.81. The Morgan fingerprint density at radius 1 is 1.45 bits per heavy atom. The summed E-state index contributed by atoms with van der Waals surface area (Å²) in [5.74, 6) is -0.131. The maximum absolute atomic E-state index is 13.8. The molecule has 3 nitrogen and oxygen atoms in total. The molecule has 0 aliphatic carbocycles. The smallest absolute Gasteiger partial charge is 0.126 e. The van der Waals surface area contributed by atoms with Gasteiger partial charge in [0.05, 0.1) is 12.7 Å². The standard InChI is InChI=1S/C16H25FN2O/c1-3-8-19-9-10-20-16(12-19)15(18-2)11-13-6-4-5-7-14(13)17/h4-7,15-16,18H,3,8-12H2,1-2H3. The van der Waals surface area contributed by atoms with Gasteiger partial charge < -0.3 is 10.1 Å². The van der Waals surface area contributed by atoms with Crippen LogP contribution in [0, 0.1) is 5.82 Å². The highest BCUT2D eigenvalue weighted by Crippen LogP contribution is 2.15. The zero-order chi connectivity index (χ0) is 14.4. The van der Waals surface area contributed by atoms with Gasteiger partial charge in [0.25, 0.3) is 0 Å². The lowest BCUT2D eigenvalue weighted by Crippen LogP contribution is -2.52. The fraction of sp³-hybridized carbons (Fsp3) is 0.625. The topological polar surface area (TPSA) is 24.5 Å². The summed E-state index contributed by atoms with van der Waals surface area (Å²) in [7, 11) is 1.92. The van der Waals surface area contributed by atoms with E-state index in [9.17, 15) is 4.39 Å². The average Bonchev–Trinajstić information content (AvgIpc) is 2.47. The van der Waals surface area contributed by atoms with Gasteiger partial charge in [0.15, 0.2) is 0 Å². The second-order valence-electron chi connectivity index (χ2n) is 5.40. The molecule has 0 spiro atoms. The number of likely N-dealkylation sites (N-methyl/N-ethyl adjacent to an activating group) is 1. The molecule has 2 unspecified atom stereocenters. The maximum atomic E-state index is 13.8. The Balaban J connectivity index is 1.99. The molecule has 1 fully saturated rings. The Hall–Kier alpha value is -0.970. The molecule has 1 N–H and O–H groups in total. The van der Waals surface area contributed by atoms with Crippen molar-refractivity contribution < 1.29 is 9.13 Å². The zero-order valence-electron chi connectivity index (χ0n) is 12.4. The number of rotatable bonds is 6. The van der Waals surface area contributed by atoms with Gasteiger partial charge in [-0.05, 0) is 38.1 Å². The van der Waals surface area contributed by atoms with Gasteiger partial charge in [-0.1, -0.05) is 25.1 Å². The number of ether oxygens (including phenoxy) is 1. The molecule has 0 bridgehead atoms. The van der Waals surface area contributed by atoms with E-state index in [1.807, 2.05) is 19.2 Å². The van der Waals surface area contributed by atoms with Crippen molar-refractivity contribution in [2.75, 3.05) is 33.3 Å². The fourth-order valence-electron chi connectivity index (χ4n) is 2.81. The molecule has 0 saturated carbocycles. The number of benzene rings is 1. The maximum Gasteiger partial charge on any atom is 0.126 e. The molecular weight excluding hydrogens is 255 g/mol. The van der Waals surface area contributed by atoms with Crippen LogP contribution < -0.4 is 5.32 Å². The second-order valence-corrected chi connectivity index (χ2v) is 5.40. The van der Waals surface area contributed by atoms with Crippen LogP contribution in [0.3, 0.4) is 0 Å². The van der Waals surface area contributed by atoms with Crippen LogP contribution in [0.25, 0.3) is 0 Å². The van der Waals surface area contributed by atoms with Crippen LogP contribution in [0.1, 0.15) is 18.9 Å². The van der Waals surface area contributed by atoms with Crippen molar-refractivity contribution in [1.29, 1.82) is 0 Å². The van der Waals surface area contributed by atoms with Crippen LogP contribution in [0.15, 0.2) is 24.3 Å². The van der Waals surface area contributed by atoms with Gasteiger partial charge in [0.1, 0.15) is 5.82 Å². The third-order valence-corrected chi connectivity index (χ3v) is 3.93. The first-order valence-corrected chi connectivity index (χ1v) is 7.49. The van der Waals surface area contributed by atoms with Crippen molar-refractivity contribution in [3.63, 3.8) is 0 Å². The van der Waals surface area contributed by atoms with Crippen molar-refractivity contribution in [1.82, 2.24) is 10.2 Å². The lowest BCUT2D eigenvalue weighted by Gasteiger charge is -2.37. The summed E-state index contributed by atoms with van der Waals surface area (Å²) in [5.41, 5.74) is 0.753. The van der Waals surface area contributed by atoms with Crippen molar-refractivity contribution >= 4 is 0 Å². The molecule has 0 radical (unpaired) electrons. The number of nitrogens with one attached hydrogen (secondary N) is 1.